The summed E-state index contributed by atoms with van der Waals surface area (Å²) in [5, 5.41) is 3.30. The molecular formula is C11H18N2O. The fourth-order valence-corrected chi connectivity index (χ4v) is 1.43. The molecule has 3 heteroatoms. The highest BCUT2D eigenvalue weighted by Gasteiger charge is 2.00. The molecule has 1 aromatic heterocycles. The van der Waals surface area contributed by atoms with Gasteiger partial charge in [-0.3, -0.25) is 4.79 Å². The van der Waals surface area contributed by atoms with Crippen molar-refractivity contribution in [2.75, 3.05) is 5.32 Å². The van der Waals surface area contributed by atoms with E-state index in [4.69, 9.17) is 0 Å². The summed E-state index contributed by atoms with van der Waals surface area (Å²) in [5.41, 5.74) is 0.938. The Hall–Kier alpha value is -1.25. The Balaban J connectivity index is 2.68. The average Bonchev–Trinajstić information content (AvgIpc) is 2.12. The van der Waals surface area contributed by atoms with E-state index in [0.717, 1.165) is 18.5 Å². The van der Waals surface area contributed by atoms with Crippen LogP contribution in [0.3, 0.4) is 0 Å². The van der Waals surface area contributed by atoms with Gasteiger partial charge < -0.3 is 9.88 Å². The molecule has 0 aliphatic rings. The number of hydrogen-bond acceptors (Lipinski definition) is 2. The lowest BCUT2D eigenvalue weighted by atomic mass is 10.2. The first-order chi connectivity index (χ1) is 6.63. The second-order valence-electron chi connectivity index (χ2n) is 3.70. The van der Waals surface area contributed by atoms with Crippen LogP contribution in [0.1, 0.15) is 26.7 Å². The Morgan fingerprint density at radius 1 is 1.57 bits per heavy atom. The van der Waals surface area contributed by atoms with Gasteiger partial charge in [0.15, 0.2) is 0 Å². The van der Waals surface area contributed by atoms with Crippen molar-refractivity contribution in [2.24, 2.45) is 7.05 Å². The molecule has 3 nitrogen and oxygen atoms in total. The Bertz CT molecular complexity index is 343. The maximum Gasteiger partial charge on any atom is 0.252 e. The predicted molar refractivity (Wildman–Crippen MR) is 59.7 cm³/mol. The molecule has 0 bridgehead atoms. The van der Waals surface area contributed by atoms with Crippen LogP contribution in [0.2, 0.25) is 0 Å². The minimum Gasteiger partial charge on any atom is -0.382 e. The van der Waals surface area contributed by atoms with E-state index >= 15 is 0 Å². The zero-order valence-electron chi connectivity index (χ0n) is 9.08. The number of pyridine rings is 1. The number of nitrogens with one attached hydrogen (secondary N) is 1. The van der Waals surface area contributed by atoms with Crippen LogP contribution in [0.5, 0.6) is 0 Å². The highest BCUT2D eigenvalue weighted by molar-refractivity contribution is 5.41. The zero-order chi connectivity index (χ0) is 10.6. The average molecular weight is 194 g/mol. The van der Waals surface area contributed by atoms with E-state index in [2.05, 4.69) is 19.2 Å². The third-order valence-electron chi connectivity index (χ3n) is 2.24. The van der Waals surface area contributed by atoms with E-state index in [-0.39, 0.29) is 5.56 Å². The van der Waals surface area contributed by atoms with Crippen molar-refractivity contribution in [1.82, 2.24) is 4.57 Å². The van der Waals surface area contributed by atoms with Crippen molar-refractivity contribution in [3.05, 3.63) is 28.7 Å². The van der Waals surface area contributed by atoms with Crippen molar-refractivity contribution in [3.8, 4) is 0 Å². The third-order valence-corrected chi connectivity index (χ3v) is 2.24. The lowest BCUT2D eigenvalue weighted by Crippen LogP contribution is -2.19. The van der Waals surface area contributed by atoms with Gasteiger partial charge in [-0.25, -0.2) is 0 Å². The molecule has 14 heavy (non-hydrogen) atoms. The van der Waals surface area contributed by atoms with Crippen molar-refractivity contribution >= 4 is 5.69 Å². The van der Waals surface area contributed by atoms with Crippen molar-refractivity contribution < 1.29 is 0 Å². The minimum absolute atomic E-state index is 0.0266. The molecule has 0 aromatic carbocycles. The molecule has 0 saturated carbocycles. The largest absolute Gasteiger partial charge is 0.382 e. The highest BCUT2D eigenvalue weighted by atomic mass is 16.1. The molecular weight excluding hydrogens is 176 g/mol. The number of aromatic nitrogens is 1. The van der Waals surface area contributed by atoms with Crippen molar-refractivity contribution in [1.29, 1.82) is 0 Å². The van der Waals surface area contributed by atoms with Gasteiger partial charge >= 0.3 is 0 Å². The summed E-state index contributed by atoms with van der Waals surface area (Å²) in [7, 11) is 1.75. The zero-order valence-corrected chi connectivity index (χ0v) is 9.08. The molecule has 0 aliphatic carbocycles. The van der Waals surface area contributed by atoms with Crippen molar-refractivity contribution in [3.63, 3.8) is 0 Å². The fourth-order valence-electron chi connectivity index (χ4n) is 1.43. The molecule has 0 aliphatic heterocycles. The highest BCUT2D eigenvalue weighted by Crippen LogP contribution is 2.07. The number of rotatable bonds is 4. The van der Waals surface area contributed by atoms with E-state index in [9.17, 15) is 4.79 Å². The second kappa shape index (κ2) is 4.84. The Morgan fingerprint density at radius 3 is 2.86 bits per heavy atom. The van der Waals surface area contributed by atoms with Crippen LogP contribution in [0.15, 0.2) is 23.1 Å². The topological polar surface area (TPSA) is 34.0 Å². The summed E-state index contributed by atoms with van der Waals surface area (Å²) >= 11 is 0. The molecule has 1 rings (SSSR count). The molecule has 0 radical (unpaired) electrons. The SMILES string of the molecule is CCCC(C)Nc1ccn(C)c(=O)c1. The van der Waals surface area contributed by atoms with E-state index in [1.54, 1.807) is 23.9 Å². The molecule has 0 amide bonds. The van der Waals surface area contributed by atoms with E-state index < -0.39 is 0 Å². The normalized spacial score (nSPS) is 12.5. The van der Waals surface area contributed by atoms with E-state index in [1.165, 1.54) is 0 Å². The lowest BCUT2D eigenvalue weighted by Gasteiger charge is -2.13. The molecule has 1 aromatic rings. The van der Waals surface area contributed by atoms with Gasteiger partial charge in [-0.15, -0.1) is 0 Å². The van der Waals surface area contributed by atoms with Gasteiger partial charge in [-0.2, -0.15) is 0 Å². The smallest absolute Gasteiger partial charge is 0.252 e. The molecule has 0 fully saturated rings. The molecule has 0 saturated heterocycles. The standard InChI is InChI=1S/C11H18N2O/c1-4-5-9(2)12-10-6-7-13(3)11(14)8-10/h6-9,12H,4-5H2,1-3H3. The van der Waals surface area contributed by atoms with Gasteiger partial charge in [-0.05, 0) is 19.4 Å². The number of aryl methyl sites for hydroxylation is 1. The molecule has 1 N–H and O–H groups in total. The maximum absolute atomic E-state index is 11.3. The van der Waals surface area contributed by atoms with Crippen molar-refractivity contribution in [2.45, 2.75) is 32.7 Å². The maximum atomic E-state index is 11.3. The van der Waals surface area contributed by atoms with Crippen LogP contribution in [-0.4, -0.2) is 10.6 Å². The van der Waals surface area contributed by atoms with Crippen LogP contribution in [-0.2, 0) is 7.05 Å². The van der Waals surface area contributed by atoms with Gasteiger partial charge in [0.25, 0.3) is 5.56 Å². The summed E-state index contributed by atoms with van der Waals surface area (Å²) in [6.07, 6.45) is 4.05. The first-order valence-corrected chi connectivity index (χ1v) is 5.06. The monoisotopic (exact) mass is 194 g/mol. The Labute approximate surface area is 84.8 Å². The molecule has 1 heterocycles. The number of nitrogens with zero attached hydrogens (tertiary/aromatic N) is 1. The van der Waals surface area contributed by atoms with Crippen LogP contribution in [0, 0.1) is 0 Å². The first kappa shape index (κ1) is 10.8. The number of anilines is 1. The Kier molecular flexibility index (Phi) is 3.74. The molecule has 0 spiro atoms. The summed E-state index contributed by atoms with van der Waals surface area (Å²) < 4.78 is 1.57. The predicted octanol–water partition coefficient (Wildman–Crippen LogP) is 1.99. The fraction of sp³-hybridized carbons (Fsp3) is 0.545. The van der Waals surface area contributed by atoms with Gasteiger partial charge in [0.2, 0.25) is 0 Å². The van der Waals surface area contributed by atoms with Crippen LogP contribution >= 0.6 is 0 Å². The second-order valence-corrected chi connectivity index (χ2v) is 3.70. The summed E-state index contributed by atoms with van der Waals surface area (Å²) in [6, 6.07) is 3.98. The van der Waals surface area contributed by atoms with Crippen LogP contribution in [0.4, 0.5) is 5.69 Å². The minimum atomic E-state index is 0.0266. The van der Waals surface area contributed by atoms with Gasteiger partial charge in [-0.1, -0.05) is 13.3 Å². The lowest BCUT2D eigenvalue weighted by molar-refractivity contribution is 0.689. The molecule has 1 atom stereocenters. The number of hydrogen-bond donors (Lipinski definition) is 1. The van der Waals surface area contributed by atoms with Crippen LogP contribution in [0.25, 0.3) is 0 Å². The van der Waals surface area contributed by atoms with Gasteiger partial charge in [0.05, 0.1) is 0 Å². The van der Waals surface area contributed by atoms with E-state index in [1.807, 2.05) is 6.07 Å². The third kappa shape index (κ3) is 2.91. The summed E-state index contributed by atoms with van der Waals surface area (Å²) in [6.45, 7) is 4.28. The summed E-state index contributed by atoms with van der Waals surface area (Å²) in [4.78, 5) is 11.3. The van der Waals surface area contributed by atoms with E-state index in [0.29, 0.717) is 6.04 Å². The van der Waals surface area contributed by atoms with Gasteiger partial charge in [0.1, 0.15) is 0 Å². The first-order valence-electron chi connectivity index (χ1n) is 5.06. The molecule has 78 valence electrons. The summed E-state index contributed by atoms with van der Waals surface area (Å²) in [5.74, 6) is 0. The quantitative estimate of drug-likeness (QED) is 0.795. The van der Waals surface area contributed by atoms with Crippen LogP contribution < -0.4 is 10.9 Å². The molecule has 1 unspecified atom stereocenters. The Morgan fingerprint density at radius 2 is 2.29 bits per heavy atom. The van der Waals surface area contributed by atoms with Gasteiger partial charge in [0, 0.05) is 31.0 Å².